The SMILES string of the molecule is CCn1c(SCC(=O)Nc2ccc(Cl)cc2)nc2c(-c3ccccc3)csc2c1=O. The molecule has 1 N–H and O–H groups in total. The number of aromatic nitrogens is 2. The Morgan fingerprint density at radius 1 is 1.17 bits per heavy atom. The molecule has 0 radical (unpaired) electrons. The number of nitrogens with zero attached hydrogens (tertiary/aromatic N) is 2. The molecular formula is C22H18ClN3O2S2. The molecule has 1 amide bonds. The first-order valence-electron chi connectivity index (χ1n) is 9.32. The van der Waals surface area contributed by atoms with Gasteiger partial charge in [-0.3, -0.25) is 14.2 Å². The number of halogens is 1. The van der Waals surface area contributed by atoms with Crippen molar-refractivity contribution in [2.75, 3.05) is 11.1 Å². The molecule has 5 nitrogen and oxygen atoms in total. The van der Waals surface area contributed by atoms with Crippen LogP contribution < -0.4 is 10.9 Å². The highest BCUT2D eigenvalue weighted by atomic mass is 35.5. The fraction of sp³-hybridized carbons (Fsp3) is 0.136. The molecule has 0 saturated carbocycles. The summed E-state index contributed by atoms with van der Waals surface area (Å²) in [7, 11) is 0. The first-order chi connectivity index (χ1) is 14.6. The molecule has 4 aromatic rings. The molecular weight excluding hydrogens is 438 g/mol. The van der Waals surface area contributed by atoms with Crippen molar-refractivity contribution in [3.63, 3.8) is 0 Å². The van der Waals surface area contributed by atoms with Crippen molar-refractivity contribution in [2.24, 2.45) is 0 Å². The Hall–Kier alpha value is -2.61. The fourth-order valence-corrected chi connectivity index (χ4v) is 5.00. The van der Waals surface area contributed by atoms with Gasteiger partial charge in [-0.1, -0.05) is 53.7 Å². The quantitative estimate of drug-likeness (QED) is 0.306. The summed E-state index contributed by atoms with van der Waals surface area (Å²) in [4.78, 5) is 30.2. The predicted molar refractivity (Wildman–Crippen MR) is 126 cm³/mol. The monoisotopic (exact) mass is 455 g/mol. The molecule has 0 fully saturated rings. The first-order valence-corrected chi connectivity index (χ1v) is 11.6. The van der Waals surface area contributed by atoms with E-state index in [0.29, 0.717) is 32.6 Å². The molecule has 2 aromatic carbocycles. The van der Waals surface area contributed by atoms with Crippen LogP contribution in [0.4, 0.5) is 5.69 Å². The number of carbonyl (C=O) groups excluding carboxylic acids is 1. The summed E-state index contributed by atoms with van der Waals surface area (Å²) in [6.07, 6.45) is 0. The van der Waals surface area contributed by atoms with E-state index in [1.54, 1.807) is 28.8 Å². The molecule has 0 bridgehead atoms. The minimum Gasteiger partial charge on any atom is -0.325 e. The number of hydrogen-bond acceptors (Lipinski definition) is 5. The smallest absolute Gasteiger partial charge is 0.272 e. The second kappa shape index (κ2) is 9.04. The molecule has 2 aromatic heterocycles. The summed E-state index contributed by atoms with van der Waals surface area (Å²) in [5.74, 6) is -0.0290. The molecule has 4 rings (SSSR count). The highest BCUT2D eigenvalue weighted by molar-refractivity contribution is 7.99. The van der Waals surface area contributed by atoms with Gasteiger partial charge in [-0.25, -0.2) is 4.98 Å². The van der Waals surface area contributed by atoms with Crippen LogP contribution in [-0.2, 0) is 11.3 Å². The van der Waals surface area contributed by atoms with Crippen molar-refractivity contribution in [3.8, 4) is 11.1 Å². The number of amides is 1. The van der Waals surface area contributed by atoms with Crippen molar-refractivity contribution in [2.45, 2.75) is 18.6 Å². The molecule has 0 saturated heterocycles. The molecule has 0 aliphatic heterocycles. The van der Waals surface area contributed by atoms with Crippen molar-refractivity contribution in [1.82, 2.24) is 9.55 Å². The highest BCUT2D eigenvalue weighted by Gasteiger charge is 2.17. The molecule has 8 heteroatoms. The van der Waals surface area contributed by atoms with Gasteiger partial charge in [0.25, 0.3) is 5.56 Å². The number of benzene rings is 2. The average molecular weight is 456 g/mol. The third kappa shape index (κ3) is 4.28. The Morgan fingerprint density at radius 3 is 2.60 bits per heavy atom. The Labute approximate surface area is 186 Å². The van der Waals surface area contributed by atoms with Gasteiger partial charge in [0.1, 0.15) is 4.70 Å². The van der Waals surface area contributed by atoms with E-state index in [1.165, 1.54) is 23.1 Å². The third-order valence-electron chi connectivity index (χ3n) is 4.50. The predicted octanol–water partition coefficient (Wildman–Crippen LogP) is 5.53. The number of hydrogen-bond donors (Lipinski definition) is 1. The lowest BCUT2D eigenvalue weighted by Gasteiger charge is -2.11. The number of nitrogens with one attached hydrogen (secondary N) is 1. The second-order valence-electron chi connectivity index (χ2n) is 6.48. The number of carbonyl (C=O) groups is 1. The minimum atomic E-state index is -0.173. The number of thiophene rings is 1. The van der Waals surface area contributed by atoms with Crippen LogP contribution in [0.25, 0.3) is 21.3 Å². The second-order valence-corrected chi connectivity index (χ2v) is 8.74. The van der Waals surface area contributed by atoms with Crippen LogP contribution in [0.15, 0.2) is 69.9 Å². The Bertz CT molecular complexity index is 1250. The number of thioether (sulfide) groups is 1. The maximum absolute atomic E-state index is 13.0. The van der Waals surface area contributed by atoms with Crippen molar-refractivity contribution >= 4 is 56.5 Å². The van der Waals surface area contributed by atoms with E-state index in [9.17, 15) is 9.59 Å². The van der Waals surface area contributed by atoms with E-state index >= 15 is 0 Å². The van der Waals surface area contributed by atoms with Crippen LogP contribution in [0, 0.1) is 0 Å². The molecule has 0 atom stereocenters. The molecule has 0 spiro atoms. The van der Waals surface area contributed by atoms with E-state index in [-0.39, 0.29) is 17.2 Å². The fourth-order valence-electron chi connectivity index (χ4n) is 3.05. The van der Waals surface area contributed by atoms with Gasteiger partial charge in [-0.05, 0) is 36.8 Å². The first kappa shape index (κ1) is 20.7. The van der Waals surface area contributed by atoms with Crippen LogP contribution in [-0.4, -0.2) is 21.2 Å². The molecule has 30 heavy (non-hydrogen) atoms. The Kier molecular flexibility index (Phi) is 6.22. The summed E-state index contributed by atoms with van der Waals surface area (Å²) in [5, 5.41) is 5.94. The molecule has 2 heterocycles. The van der Waals surface area contributed by atoms with E-state index in [0.717, 1.165) is 11.1 Å². The third-order valence-corrected chi connectivity index (χ3v) is 6.69. The molecule has 0 aliphatic carbocycles. The highest BCUT2D eigenvalue weighted by Crippen LogP contribution is 2.32. The van der Waals surface area contributed by atoms with Gasteiger partial charge in [-0.2, -0.15) is 0 Å². The Balaban J connectivity index is 1.62. The zero-order chi connectivity index (χ0) is 21.1. The average Bonchev–Trinajstić information content (AvgIpc) is 3.19. The summed E-state index contributed by atoms with van der Waals surface area (Å²) in [6, 6.07) is 16.8. The van der Waals surface area contributed by atoms with Gasteiger partial charge in [0.05, 0.1) is 11.3 Å². The lowest BCUT2D eigenvalue weighted by molar-refractivity contribution is -0.113. The topological polar surface area (TPSA) is 64.0 Å². The van der Waals surface area contributed by atoms with Gasteiger partial charge < -0.3 is 5.32 Å². The summed E-state index contributed by atoms with van der Waals surface area (Å²) in [5.41, 5.74) is 3.23. The van der Waals surface area contributed by atoms with Crippen LogP contribution in [0.5, 0.6) is 0 Å². The molecule has 0 unspecified atom stereocenters. The van der Waals surface area contributed by atoms with Crippen molar-refractivity contribution < 1.29 is 4.79 Å². The van der Waals surface area contributed by atoms with E-state index < -0.39 is 0 Å². The summed E-state index contributed by atoms with van der Waals surface area (Å²) < 4.78 is 2.25. The van der Waals surface area contributed by atoms with E-state index in [2.05, 4.69) is 5.32 Å². The lowest BCUT2D eigenvalue weighted by Crippen LogP contribution is -2.22. The molecule has 152 valence electrons. The molecule has 0 aliphatic rings. The summed E-state index contributed by atoms with van der Waals surface area (Å²) >= 11 is 8.54. The van der Waals surface area contributed by atoms with E-state index in [1.807, 2.05) is 42.6 Å². The van der Waals surface area contributed by atoms with Gasteiger partial charge in [-0.15, -0.1) is 11.3 Å². The normalized spacial score (nSPS) is 11.0. The number of rotatable bonds is 6. The lowest BCUT2D eigenvalue weighted by atomic mass is 10.1. The Morgan fingerprint density at radius 2 is 1.90 bits per heavy atom. The van der Waals surface area contributed by atoms with Crippen LogP contribution in [0.3, 0.4) is 0 Å². The van der Waals surface area contributed by atoms with Crippen LogP contribution in [0.1, 0.15) is 6.92 Å². The van der Waals surface area contributed by atoms with Crippen molar-refractivity contribution in [3.05, 3.63) is 75.4 Å². The maximum Gasteiger partial charge on any atom is 0.272 e. The standard InChI is InChI=1S/C22H18ClN3O2S2/c1-2-26-21(28)20-19(17(12-29-20)14-6-4-3-5-7-14)25-22(26)30-13-18(27)24-16-10-8-15(23)9-11-16/h3-12H,2,13H2,1H3,(H,24,27). The van der Waals surface area contributed by atoms with Crippen LogP contribution >= 0.6 is 34.7 Å². The zero-order valence-corrected chi connectivity index (χ0v) is 18.5. The van der Waals surface area contributed by atoms with Gasteiger partial charge >= 0.3 is 0 Å². The van der Waals surface area contributed by atoms with Crippen molar-refractivity contribution in [1.29, 1.82) is 0 Å². The largest absolute Gasteiger partial charge is 0.325 e. The summed E-state index contributed by atoms with van der Waals surface area (Å²) in [6.45, 7) is 2.39. The van der Waals surface area contributed by atoms with Crippen LogP contribution in [0.2, 0.25) is 5.02 Å². The van der Waals surface area contributed by atoms with Gasteiger partial charge in [0, 0.05) is 28.2 Å². The van der Waals surface area contributed by atoms with E-state index in [4.69, 9.17) is 16.6 Å². The minimum absolute atomic E-state index is 0.0738. The van der Waals surface area contributed by atoms with Gasteiger partial charge in [0.15, 0.2) is 5.16 Å². The maximum atomic E-state index is 13.0. The number of fused-ring (bicyclic) bond motifs is 1. The zero-order valence-electron chi connectivity index (χ0n) is 16.1. The number of anilines is 1. The van der Waals surface area contributed by atoms with Gasteiger partial charge in [0.2, 0.25) is 5.91 Å².